The minimum absolute atomic E-state index is 0.301. The number of piperazine rings is 1. The third-order valence-corrected chi connectivity index (χ3v) is 14.1. The Labute approximate surface area is 245 Å². The van der Waals surface area contributed by atoms with E-state index in [-0.39, 0.29) is 0 Å². The van der Waals surface area contributed by atoms with Crippen molar-refractivity contribution in [3.63, 3.8) is 0 Å². The molecule has 1 amide bonds. The van der Waals surface area contributed by atoms with Crippen LogP contribution in [0.5, 0.6) is 0 Å². The van der Waals surface area contributed by atoms with Crippen molar-refractivity contribution in [3.8, 4) is 0 Å². The van der Waals surface area contributed by atoms with E-state index in [1.54, 1.807) is 0 Å². The van der Waals surface area contributed by atoms with Gasteiger partial charge in [-0.25, -0.2) is 0 Å². The van der Waals surface area contributed by atoms with Crippen molar-refractivity contribution in [1.82, 2.24) is 4.90 Å². The first-order valence-corrected chi connectivity index (χ1v) is 17.9. The zero-order valence-electron chi connectivity index (χ0n) is 24.0. The number of benzene rings is 4. The number of anilines is 1. The maximum Gasteiger partial charge on any atom is -0.0369 e. The fourth-order valence-electron chi connectivity index (χ4n) is 5.85. The minimum atomic E-state index is -1.90. The SMILES string of the molecule is Cc1ccc(Sc2ccccc2N2CCN(C(=O)CCC[PH](C)(c3ccccc3)c3ccccc3)CC2)c(C)c1. The summed E-state index contributed by atoms with van der Waals surface area (Å²) in [5.41, 5.74) is 3.88. The molecule has 1 fully saturated rings. The molecule has 1 aliphatic rings. The maximum atomic E-state index is 13.3. The molecule has 0 saturated carbocycles. The van der Waals surface area contributed by atoms with Gasteiger partial charge >= 0.3 is 202 Å². The molecular formula is C35H41N2OPS. The van der Waals surface area contributed by atoms with E-state index in [4.69, 9.17) is 0 Å². The zero-order valence-corrected chi connectivity index (χ0v) is 25.8. The Balaban J connectivity index is 1.18. The summed E-state index contributed by atoms with van der Waals surface area (Å²) in [6, 6.07) is 37.2. The predicted octanol–water partition coefficient (Wildman–Crippen LogP) is 6.91. The number of para-hydroxylation sites is 1. The van der Waals surface area contributed by atoms with Crippen molar-refractivity contribution in [1.29, 1.82) is 0 Å². The van der Waals surface area contributed by atoms with Gasteiger partial charge in [-0.15, -0.1) is 0 Å². The molecule has 40 heavy (non-hydrogen) atoms. The van der Waals surface area contributed by atoms with Crippen molar-refractivity contribution >= 4 is 41.2 Å². The van der Waals surface area contributed by atoms with Crippen LogP contribution in [0.2, 0.25) is 0 Å². The van der Waals surface area contributed by atoms with Crippen LogP contribution < -0.4 is 15.5 Å². The van der Waals surface area contributed by atoms with Crippen molar-refractivity contribution in [2.24, 2.45) is 0 Å². The van der Waals surface area contributed by atoms with Gasteiger partial charge in [0, 0.05) is 0 Å². The number of rotatable bonds is 9. The van der Waals surface area contributed by atoms with E-state index in [2.05, 4.69) is 133 Å². The van der Waals surface area contributed by atoms with Crippen LogP contribution >= 0.6 is 19.0 Å². The summed E-state index contributed by atoms with van der Waals surface area (Å²) >= 11 is 1.84. The van der Waals surface area contributed by atoms with Gasteiger partial charge in [-0.2, -0.15) is 0 Å². The summed E-state index contributed by atoms with van der Waals surface area (Å²) in [4.78, 5) is 20.4. The van der Waals surface area contributed by atoms with Gasteiger partial charge in [0.2, 0.25) is 0 Å². The summed E-state index contributed by atoms with van der Waals surface area (Å²) in [6.07, 6.45) is 2.64. The molecule has 208 valence electrons. The average Bonchev–Trinajstić information content (AvgIpc) is 2.99. The summed E-state index contributed by atoms with van der Waals surface area (Å²) in [5.74, 6) is 0.301. The third-order valence-electron chi connectivity index (χ3n) is 8.28. The first-order chi connectivity index (χ1) is 19.4. The van der Waals surface area contributed by atoms with Crippen LogP contribution in [0, 0.1) is 13.8 Å². The molecule has 4 aromatic carbocycles. The van der Waals surface area contributed by atoms with Gasteiger partial charge in [0.25, 0.3) is 0 Å². The van der Waals surface area contributed by atoms with Gasteiger partial charge < -0.3 is 0 Å². The summed E-state index contributed by atoms with van der Waals surface area (Å²) in [7, 11) is -1.90. The van der Waals surface area contributed by atoms with Crippen molar-refractivity contribution in [3.05, 3.63) is 114 Å². The van der Waals surface area contributed by atoms with Gasteiger partial charge in [0.05, 0.1) is 0 Å². The molecule has 1 heterocycles. The van der Waals surface area contributed by atoms with E-state index in [1.165, 1.54) is 37.2 Å². The Morgan fingerprint density at radius 3 is 1.98 bits per heavy atom. The zero-order chi connectivity index (χ0) is 28.0. The summed E-state index contributed by atoms with van der Waals surface area (Å²) in [6.45, 7) is 10.1. The average molecular weight is 569 g/mol. The van der Waals surface area contributed by atoms with Crippen molar-refractivity contribution in [2.45, 2.75) is 36.5 Å². The molecule has 5 rings (SSSR count). The fraction of sp³-hybridized carbons (Fsp3) is 0.286. The second kappa shape index (κ2) is 13.1. The molecule has 0 unspecified atom stereocenters. The molecule has 5 heteroatoms. The third kappa shape index (κ3) is 6.62. The monoisotopic (exact) mass is 568 g/mol. The number of aryl methyl sites for hydroxylation is 2. The van der Waals surface area contributed by atoms with Crippen LogP contribution in [0.4, 0.5) is 5.69 Å². The Bertz CT molecular complexity index is 1380. The Hall–Kier alpha value is -3.07. The number of carbonyl (C=O) groups excluding carboxylic acids is 1. The van der Waals surface area contributed by atoms with Gasteiger partial charge in [-0.05, 0) is 25.5 Å². The number of hydrogen-bond donors (Lipinski definition) is 0. The number of nitrogens with zero attached hydrogens (tertiary/aromatic N) is 2. The second-order valence-electron chi connectivity index (χ2n) is 11.1. The fourth-order valence-corrected chi connectivity index (χ4v) is 10.5. The van der Waals surface area contributed by atoms with E-state index in [0.717, 1.165) is 38.8 Å². The van der Waals surface area contributed by atoms with Crippen LogP contribution in [-0.2, 0) is 4.79 Å². The first kappa shape index (κ1) is 28.5. The van der Waals surface area contributed by atoms with E-state index in [0.29, 0.717) is 12.3 Å². The van der Waals surface area contributed by atoms with E-state index >= 15 is 0 Å². The number of carbonyl (C=O) groups is 1. The van der Waals surface area contributed by atoms with Gasteiger partial charge in [-0.1, -0.05) is 17.7 Å². The van der Waals surface area contributed by atoms with Gasteiger partial charge in [0.15, 0.2) is 0 Å². The second-order valence-corrected chi connectivity index (χ2v) is 16.5. The van der Waals surface area contributed by atoms with Crippen molar-refractivity contribution < 1.29 is 4.79 Å². The van der Waals surface area contributed by atoms with Crippen LogP contribution in [0.25, 0.3) is 0 Å². The van der Waals surface area contributed by atoms with E-state index < -0.39 is 7.26 Å². The van der Waals surface area contributed by atoms with Gasteiger partial charge in [-0.3, -0.25) is 0 Å². The molecule has 0 bridgehead atoms. The molecule has 0 atom stereocenters. The minimum Gasteiger partial charge on any atom is -0.0553 e. The Kier molecular flexibility index (Phi) is 9.29. The van der Waals surface area contributed by atoms with Crippen molar-refractivity contribution in [2.75, 3.05) is 43.9 Å². The molecule has 0 aromatic heterocycles. The summed E-state index contributed by atoms with van der Waals surface area (Å²) < 4.78 is 0. The number of hydrogen-bond acceptors (Lipinski definition) is 3. The molecular weight excluding hydrogens is 527 g/mol. The molecule has 4 aromatic rings. The quantitative estimate of drug-likeness (QED) is 0.205. The molecule has 0 spiro atoms. The maximum absolute atomic E-state index is 13.3. The predicted molar refractivity (Wildman–Crippen MR) is 176 cm³/mol. The number of amides is 1. The molecule has 3 nitrogen and oxygen atoms in total. The van der Waals surface area contributed by atoms with E-state index in [1.807, 2.05) is 11.8 Å². The van der Waals surface area contributed by atoms with Gasteiger partial charge in [0.1, 0.15) is 0 Å². The smallest absolute Gasteiger partial charge is 0.0369 e. The molecule has 1 saturated heterocycles. The Morgan fingerprint density at radius 1 is 0.750 bits per heavy atom. The molecule has 1 aliphatic heterocycles. The van der Waals surface area contributed by atoms with Crippen LogP contribution in [0.15, 0.2) is 113 Å². The summed E-state index contributed by atoms with van der Waals surface area (Å²) in [5, 5.41) is 2.89. The van der Waals surface area contributed by atoms with Crippen LogP contribution in [0.3, 0.4) is 0 Å². The van der Waals surface area contributed by atoms with Crippen LogP contribution in [-0.4, -0.2) is 49.8 Å². The van der Waals surface area contributed by atoms with E-state index in [9.17, 15) is 4.79 Å². The normalized spacial score (nSPS) is 14.3. The molecule has 0 aliphatic carbocycles. The topological polar surface area (TPSA) is 23.6 Å². The standard InChI is InChI=1S/C35H41N2OPS/c1-28-20-21-33(29(2)27-28)40-34-18-11-10-17-32(34)36-22-24-37(25-23-36)35(38)19-12-26-39(3,30-13-6-4-7-14-30)31-15-8-5-9-16-31/h4-11,13-18,20-21,27,39H,12,19,22-26H2,1-3H3. The van der Waals surface area contributed by atoms with Crippen LogP contribution in [0.1, 0.15) is 24.0 Å². The first-order valence-electron chi connectivity index (χ1n) is 14.4. The Morgan fingerprint density at radius 2 is 1.35 bits per heavy atom. The molecule has 0 radical (unpaired) electrons. The molecule has 0 N–H and O–H groups in total. The largest absolute Gasteiger partial charge is 0.0553 e.